The predicted molar refractivity (Wildman–Crippen MR) is 89.6 cm³/mol. The summed E-state index contributed by atoms with van der Waals surface area (Å²) < 4.78 is 2.55. The monoisotopic (exact) mass is 291 g/mol. The van der Waals surface area contributed by atoms with E-state index in [1.165, 1.54) is 42.9 Å². The quantitative estimate of drug-likeness (QED) is 0.761. The van der Waals surface area contributed by atoms with Gasteiger partial charge in [0, 0.05) is 37.7 Å². The van der Waals surface area contributed by atoms with Gasteiger partial charge in [0.05, 0.1) is 5.69 Å². The molecule has 0 radical (unpaired) electrons. The van der Waals surface area contributed by atoms with Gasteiger partial charge in [-0.25, -0.2) is 4.98 Å². The van der Waals surface area contributed by atoms with Crippen molar-refractivity contribution < 1.29 is 0 Å². The van der Waals surface area contributed by atoms with Crippen LogP contribution in [-0.2, 0) is 19.5 Å². The molecule has 0 saturated heterocycles. The summed E-state index contributed by atoms with van der Waals surface area (Å²) in [4.78, 5) is 4.93. The van der Waals surface area contributed by atoms with Crippen LogP contribution in [0, 0.1) is 5.41 Å². The SMILES string of the molecule is CCCCCC(C)(C)Cn1c(C(C)C)nc2c1CCNC2. The third-order valence-electron chi connectivity index (χ3n) is 4.58. The summed E-state index contributed by atoms with van der Waals surface area (Å²) >= 11 is 0. The molecule has 1 N–H and O–H groups in total. The van der Waals surface area contributed by atoms with E-state index in [0.717, 1.165) is 26.1 Å². The van der Waals surface area contributed by atoms with Gasteiger partial charge in [-0.3, -0.25) is 0 Å². The average molecular weight is 291 g/mol. The highest BCUT2D eigenvalue weighted by molar-refractivity contribution is 5.22. The van der Waals surface area contributed by atoms with Crippen molar-refractivity contribution in [3.05, 3.63) is 17.2 Å². The van der Waals surface area contributed by atoms with Gasteiger partial charge in [-0.15, -0.1) is 0 Å². The van der Waals surface area contributed by atoms with E-state index in [9.17, 15) is 0 Å². The second kappa shape index (κ2) is 6.95. The Morgan fingerprint density at radius 3 is 2.71 bits per heavy atom. The van der Waals surface area contributed by atoms with Crippen molar-refractivity contribution in [1.82, 2.24) is 14.9 Å². The van der Waals surface area contributed by atoms with Crippen LogP contribution in [0.1, 0.15) is 83.4 Å². The van der Waals surface area contributed by atoms with Crippen molar-refractivity contribution >= 4 is 0 Å². The van der Waals surface area contributed by atoms with Crippen LogP contribution in [0.25, 0.3) is 0 Å². The number of rotatable bonds is 7. The van der Waals surface area contributed by atoms with Gasteiger partial charge in [0.2, 0.25) is 0 Å². The molecule has 3 nitrogen and oxygen atoms in total. The molecule has 0 atom stereocenters. The minimum absolute atomic E-state index is 0.359. The number of nitrogens with one attached hydrogen (secondary N) is 1. The molecule has 1 aliphatic heterocycles. The van der Waals surface area contributed by atoms with Gasteiger partial charge in [0.1, 0.15) is 5.82 Å². The second-order valence-corrected chi connectivity index (χ2v) is 7.65. The highest BCUT2D eigenvalue weighted by Crippen LogP contribution is 2.30. The molecule has 0 fully saturated rings. The number of imidazole rings is 1. The highest BCUT2D eigenvalue weighted by atomic mass is 15.1. The minimum Gasteiger partial charge on any atom is -0.331 e. The Balaban J connectivity index is 2.19. The number of nitrogens with zero attached hydrogens (tertiary/aromatic N) is 2. The summed E-state index contributed by atoms with van der Waals surface area (Å²) in [6.45, 7) is 14.8. The van der Waals surface area contributed by atoms with Crippen molar-refractivity contribution in [3.8, 4) is 0 Å². The van der Waals surface area contributed by atoms with E-state index in [2.05, 4.69) is 44.5 Å². The molecule has 0 saturated carbocycles. The lowest BCUT2D eigenvalue weighted by molar-refractivity contribution is 0.263. The lowest BCUT2D eigenvalue weighted by Crippen LogP contribution is -2.28. The van der Waals surface area contributed by atoms with Crippen LogP contribution in [0.15, 0.2) is 0 Å². The van der Waals surface area contributed by atoms with Crippen molar-refractivity contribution in [1.29, 1.82) is 0 Å². The zero-order valence-corrected chi connectivity index (χ0v) is 14.6. The number of unbranched alkanes of at least 4 members (excludes halogenated alkanes) is 2. The second-order valence-electron chi connectivity index (χ2n) is 7.65. The topological polar surface area (TPSA) is 29.9 Å². The number of hydrogen-bond acceptors (Lipinski definition) is 2. The first-order chi connectivity index (χ1) is 9.94. The molecule has 0 amide bonds. The molecule has 1 aromatic heterocycles. The van der Waals surface area contributed by atoms with E-state index in [4.69, 9.17) is 4.98 Å². The van der Waals surface area contributed by atoms with Crippen LogP contribution in [0.2, 0.25) is 0 Å². The smallest absolute Gasteiger partial charge is 0.111 e. The first-order valence-corrected chi connectivity index (χ1v) is 8.73. The Kier molecular flexibility index (Phi) is 5.48. The lowest BCUT2D eigenvalue weighted by atomic mass is 9.86. The van der Waals surface area contributed by atoms with Gasteiger partial charge in [-0.05, 0) is 11.8 Å². The summed E-state index contributed by atoms with van der Waals surface area (Å²) in [6, 6.07) is 0. The van der Waals surface area contributed by atoms with Gasteiger partial charge in [-0.2, -0.15) is 0 Å². The summed E-state index contributed by atoms with van der Waals surface area (Å²) in [6.07, 6.45) is 6.44. The van der Waals surface area contributed by atoms with Crippen LogP contribution < -0.4 is 5.32 Å². The molecule has 0 aliphatic carbocycles. The predicted octanol–water partition coefficient (Wildman–Crippen LogP) is 4.26. The number of aromatic nitrogens is 2. The van der Waals surface area contributed by atoms with Crippen molar-refractivity contribution in [3.63, 3.8) is 0 Å². The largest absolute Gasteiger partial charge is 0.331 e. The van der Waals surface area contributed by atoms with Crippen molar-refractivity contribution in [2.24, 2.45) is 5.41 Å². The van der Waals surface area contributed by atoms with Gasteiger partial charge < -0.3 is 9.88 Å². The first kappa shape index (κ1) is 16.5. The maximum Gasteiger partial charge on any atom is 0.111 e. The molecule has 1 aromatic rings. The van der Waals surface area contributed by atoms with E-state index in [1.54, 1.807) is 0 Å². The summed E-state index contributed by atoms with van der Waals surface area (Å²) in [5.74, 6) is 1.79. The molecule has 0 aromatic carbocycles. The van der Waals surface area contributed by atoms with E-state index in [1.807, 2.05) is 0 Å². The molecule has 2 rings (SSSR count). The van der Waals surface area contributed by atoms with Crippen LogP contribution >= 0.6 is 0 Å². The lowest BCUT2D eigenvalue weighted by Gasteiger charge is -2.28. The first-order valence-electron chi connectivity index (χ1n) is 8.73. The van der Waals surface area contributed by atoms with E-state index >= 15 is 0 Å². The fourth-order valence-electron chi connectivity index (χ4n) is 3.37. The summed E-state index contributed by atoms with van der Waals surface area (Å²) in [5.41, 5.74) is 3.13. The zero-order chi connectivity index (χ0) is 15.5. The maximum absolute atomic E-state index is 4.93. The Morgan fingerprint density at radius 1 is 1.29 bits per heavy atom. The van der Waals surface area contributed by atoms with Gasteiger partial charge in [0.15, 0.2) is 0 Å². The van der Waals surface area contributed by atoms with E-state index in [0.29, 0.717) is 11.3 Å². The molecule has 3 heteroatoms. The van der Waals surface area contributed by atoms with Crippen LogP contribution in [0.5, 0.6) is 0 Å². The third-order valence-corrected chi connectivity index (χ3v) is 4.58. The van der Waals surface area contributed by atoms with Crippen LogP contribution in [0.3, 0.4) is 0 Å². The molecule has 2 heterocycles. The zero-order valence-electron chi connectivity index (χ0n) is 14.6. The van der Waals surface area contributed by atoms with Crippen molar-refractivity contribution in [2.75, 3.05) is 6.54 Å². The maximum atomic E-state index is 4.93. The Hall–Kier alpha value is -0.830. The third kappa shape index (κ3) is 4.09. The van der Waals surface area contributed by atoms with Gasteiger partial charge in [0.25, 0.3) is 0 Å². The molecule has 0 unspecified atom stereocenters. The highest BCUT2D eigenvalue weighted by Gasteiger charge is 2.26. The Labute approximate surface area is 130 Å². The Bertz CT molecular complexity index is 457. The van der Waals surface area contributed by atoms with E-state index in [-0.39, 0.29) is 0 Å². The van der Waals surface area contributed by atoms with Gasteiger partial charge in [-0.1, -0.05) is 53.9 Å². The number of hydrogen-bond donors (Lipinski definition) is 1. The van der Waals surface area contributed by atoms with Gasteiger partial charge >= 0.3 is 0 Å². The molecular weight excluding hydrogens is 258 g/mol. The van der Waals surface area contributed by atoms with Crippen LogP contribution in [-0.4, -0.2) is 16.1 Å². The molecule has 0 spiro atoms. The molecule has 21 heavy (non-hydrogen) atoms. The normalized spacial score (nSPS) is 15.5. The van der Waals surface area contributed by atoms with Crippen LogP contribution in [0.4, 0.5) is 0 Å². The molecular formula is C18H33N3. The van der Waals surface area contributed by atoms with Crippen molar-refractivity contribution in [2.45, 2.75) is 85.7 Å². The fourth-order valence-corrected chi connectivity index (χ4v) is 3.37. The fraction of sp³-hybridized carbons (Fsp3) is 0.833. The molecule has 0 bridgehead atoms. The summed E-state index contributed by atoms with van der Waals surface area (Å²) in [7, 11) is 0. The van der Waals surface area contributed by atoms with E-state index < -0.39 is 0 Å². The summed E-state index contributed by atoms with van der Waals surface area (Å²) in [5, 5.41) is 3.45. The number of fused-ring (bicyclic) bond motifs is 1. The standard InChI is InChI=1S/C18H33N3/c1-6-7-8-10-18(4,5)13-21-16-9-11-19-12-15(16)20-17(21)14(2)3/h14,19H,6-13H2,1-5H3. The average Bonchev–Trinajstić information content (AvgIpc) is 2.78. The molecule has 1 aliphatic rings. The Morgan fingerprint density at radius 2 is 2.05 bits per heavy atom. The molecule has 120 valence electrons. The minimum atomic E-state index is 0.359.